The molecule has 0 saturated heterocycles. The van der Waals surface area contributed by atoms with Gasteiger partial charge >= 0.3 is 0 Å². The molecule has 0 spiro atoms. The third-order valence-corrected chi connectivity index (χ3v) is 9.93. The predicted octanol–water partition coefficient (Wildman–Crippen LogP) is 5.62. The molecule has 8 atom stereocenters. The van der Waals surface area contributed by atoms with Crippen LogP contribution in [0.2, 0.25) is 0 Å². The zero-order chi connectivity index (χ0) is 20.9. The second kappa shape index (κ2) is 7.81. The summed E-state index contributed by atoms with van der Waals surface area (Å²) >= 11 is 0. The van der Waals surface area contributed by atoms with E-state index in [4.69, 9.17) is 5.26 Å². The highest BCUT2D eigenvalue weighted by atomic mass is 16.1. The van der Waals surface area contributed by atoms with Crippen LogP contribution in [0, 0.1) is 58.2 Å². The average molecular weight is 408 g/mol. The number of Topliss-reactive ketones (excluding diaryl/α,β-unsaturated/α-hetero) is 1. The molecule has 4 aliphatic carbocycles. The number of fused-ring (bicyclic) bond motifs is 5. The maximum absolute atomic E-state index is 13.4. The van der Waals surface area contributed by atoms with Gasteiger partial charge in [0.15, 0.2) is 5.78 Å². The fourth-order valence-electron chi connectivity index (χ4n) is 8.59. The van der Waals surface area contributed by atoms with Gasteiger partial charge in [-0.25, -0.2) is 0 Å². The highest BCUT2D eigenvalue weighted by Gasteiger charge is 2.56. The Morgan fingerprint density at radius 2 is 2.00 bits per heavy atom. The van der Waals surface area contributed by atoms with Crippen molar-refractivity contribution in [3.05, 3.63) is 18.0 Å². The molecular weight excluding hydrogens is 370 g/mol. The average Bonchev–Trinajstić information content (AvgIpc) is 3.19. The molecule has 0 aliphatic heterocycles. The summed E-state index contributed by atoms with van der Waals surface area (Å²) in [6.45, 7) is 5.23. The van der Waals surface area contributed by atoms with E-state index in [9.17, 15) is 4.79 Å². The van der Waals surface area contributed by atoms with E-state index in [1.54, 1.807) is 17.1 Å². The second-order valence-electron chi connectivity index (χ2n) is 11.4. The van der Waals surface area contributed by atoms with Crippen molar-refractivity contribution in [2.45, 2.75) is 84.6 Å². The molecule has 1 aromatic rings. The Morgan fingerprint density at radius 3 is 2.80 bits per heavy atom. The van der Waals surface area contributed by atoms with Crippen LogP contribution < -0.4 is 0 Å². The summed E-state index contributed by atoms with van der Waals surface area (Å²) in [5.74, 6) is 5.88. The maximum Gasteiger partial charge on any atom is 0.157 e. The Kier molecular flexibility index (Phi) is 5.28. The van der Waals surface area contributed by atoms with E-state index in [2.05, 4.69) is 25.0 Å². The van der Waals surface area contributed by atoms with Gasteiger partial charge in [0.1, 0.15) is 6.07 Å². The Hall–Kier alpha value is -1.63. The van der Waals surface area contributed by atoms with Crippen LogP contribution in [0.1, 0.15) is 83.6 Å². The number of hydrogen-bond donors (Lipinski definition) is 0. The molecule has 1 heterocycles. The fourth-order valence-corrected chi connectivity index (χ4v) is 8.59. The van der Waals surface area contributed by atoms with E-state index in [1.165, 1.54) is 57.8 Å². The van der Waals surface area contributed by atoms with Crippen molar-refractivity contribution < 1.29 is 4.79 Å². The topological polar surface area (TPSA) is 58.7 Å². The molecule has 4 unspecified atom stereocenters. The van der Waals surface area contributed by atoms with E-state index in [0.717, 1.165) is 41.9 Å². The van der Waals surface area contributed by atoms with Crippen LogP contribution in [0.3, 0.4) is 0 Å². The number of hydrogen-bond acceptors (Lipinski definition) is 3. The van der Waals surface area contributed by atoms with E-state index in [0.29, 0.717) is 17.9 Å². The molecule has 4 saturated carbocycles. The third kappa shape index (κ3) is 3.33. The molecule has 162 valence electrons. The van der Waals surface area contributed by atoms with Crippen molar-refractivity contribution in [1.29, 1.82) is 5.26 Å². The van der Waals surface area contributed by atoms with E-state index in [-0.39, 0.29) is 11.3 Å². The first-order valence-electron chi connectivity index (χ1n) is 12.4. The van der Waals surface area contributed by atoms with Gasteiger partial charge in [-0.2, -0.15) is 10.4 Å². The number of ketones is 1. The van der Waals surface area contributed by atoms with Crippen molar-refractivity contribution in [1.82, 2.24) is 9.78 Å². The van der Waals surface area contributed by atoms with Crippen LogP contribution in [0.4, 0.5) is 0 Å². The van der Waals surface area contributed by atoms with E-state index >= 15 is 0 Å². The first kappa shape index (κ1) is 20.3. The van der Waals surface area contributed by atoms with Gasteiger partial charge in [0, 0.05) is 12.1 Å². The van der Waals surface area contributed by atoms with Gasteiger partial charge < -0.3 is 0 Å². The number of carbonyl (C=O) groups excluding carboxylic acids is 1. The number of carbonyl (C=O) groups is 1. The molecule has 0 N–H and O–H groups in total. The van der Waals surface area contributed by atoms with Crippen LogP contribution in [-0.4, -0.2) is 15.6 Å². The molecule has 4 nitrogen and oxygen atoms in total. The second-order valence-corrected chi connectivity index (χ2v) is 11.4. The molecule has 1 aromatic heterocycles. The first-order chi connectivity index (χ1) is 14.5. The third-order valence-electron chi connectivity index (χ3n) is 9.93. The standard InChI is InChI=1S/C26H37N3O/c1-17-6-8-20-19(12-17)7-9-22-21(20)10-11-26(2)23(22)4-3-5-24(26)25(30)16-29-15-18(13-27)14-28-29/h14-15,17,19-24H,3-12,16H2,1-2H3/t17-,19?,20?,21?,22+,23?,24+,26-/m0/s1. The van der Waals surface area contributed by atoms with Gasteiger partial charge in [-0.05, 0) is 92.3 Å². The molecule has 4 heteroatoms. The number of rotatable bonds is 3. The molecule has 0 radical (unpaired) electrons. The molecule has 0 aromatic carbocycles. The minimum atomic E-state index is 0.163. The summed E-state index contributed by atoms with van der Waals surface area (Å²) in [6.07, 6.45) is 16.6. The smallest absolute Gasteiger partial charge is 0.157 e. The molecular formula is C26H37N3O. The molecule has 5 rings (SSSR count). The number of nitrogens with zero attached hydrogens (tertiary/aromatic N) is 3. The lowest BCUT2D eigenvalue weighted by Crippen LogP contribution is -2.54. The van der Waals surface area contributed by atoms with Crippen LogP contribution >= 0.6 is 0 Å². The number of aromatic nitrogens is 2. The SMILES string of the molecule is C[C@H]1CCC2C(CC[C@@H]3C2CC[C@@]2(C)C3CCC[C@@H]2C(=O)Cn2cc(C#N)cn2)C1. The van der Waals surface area contributed by atoms with Gasteiger partial charge in [-0.1, -0.05) is 26.7 Å². The number of nitriles is 1. The van der Waals surface area contributed by atoms with Gasteiger partial charge in [-0.3, -0.25) is 9.48 Å². The molecule has 30 heavy (non-hydrogen) atoms. The van der Waals surface area contributed by atoms with Crippen molar-refractivity contribution in [3.63, 3.8) is 0 Å². The molecule has 4 fully saturated rings. The zero-order valence-corrected chi connectivity index (χ0v) is 18.7. The molecule has 0 bridgehead atoms. The van der Waals surface area contributed by atoms with Gasteiger partial charge in [-0.15, -0.1) is 0 Å². The largest absolute Gasteiger partial charge is 0.297 e. The van der Waals surface area contributed by atoms with Crippen molar-refractivity contribution in [2.75, 3.05) is 0 Å². The maximum atomic E-state index is 13.4. The molecule has 4 aliphatic rings. The monoisotopic (exact) mass is 407 g/mol. The van der Waals surface area contributed by atoms with Crippen LogP contribution in [0.5, 0.6) is 0 Å². The van der Waals surface area contributed by atoms with Crippen LogP contribution in [0.15, 0.2) is 12.4 Å². The van der Waals surface area contributed by atoms with Crippen LogP contribution in [-0.2, 0) is 11.3 Å². The summed E-state index contributed by atoms with van der Waals surface area (Å²) in [5.41, 5.74) is 0.700. The lowest BCUT2D eigenvalue weighted by molar-refractivity contribution is -0.144. The Morgan fingerprint density at radius 1 is 1.17 bits per heavy atom. The zero-order valence-electron chi connectivity index (χ0n) is 18.7. The normalized spacial score (nSPS) is 43.0. The summed E-state index contributed by atoms with van der Waals surface area (Å²) < 4.78 is 1.67. The lowest BCUT2D eigenvalue weighted by atomic mass is 9.44. The van der Waals surface area contributed by atoms with Gasteiger partial charge in [0.25, 0.3) is 0 Å². The van der Waals surface area contributed by atoms with E-state index in [1.807, 2.05) is 0 Å². The van der Waals surface area contributed by atoms with Crippen molar-refractivity contribution in [3.8, 4) is 6.07 Å². The van der Waals surface area contributed by atoms with Crippen molar-refractivity contribution >= 4 is 5.78 Å². The summed E-state index contributed by atoms with van der Waals surface area (Å²) in [5, 5.41) is 13.3. The lowest BCUT2D eigenvalue weighted by Gasteiger charge is -2.60. The quantitative estimate of drug-likeness (QED) is 0.653. The first-order valence-corrected chi connectivity index (χ1v) is 12.4. The van der Waals surface area contributed by atoms with Gasteiger partial charge in [0.2, 0.25) is 0 Å². The Bertz CT molecular complexity index is 838. The summed E-state index contributed by atoms with van der Waals surface area (Å²) in [4.78, 5) is 13.4. The molecule has 0 amide bonds. The van der Waals surface area contributed by atoms with Crippen molar-refractivity contribution in [2.24, 2.45) is 46.8 Å². The van der Waals surface area contributed by atoms with E-state index < -0.39 is 0 Å². The summed E-state index contributed by atoms with van der Waals surface area (Å²) in [7, 11) is 0. The van der Waals surface area contributed by atoms with Crippen LogP contribution in [0.25, 0.3) is 0 Å². The Balaban J connectivity index is 1.33. The minimum absolute atomic E-state index is 0.163. The minimum Gasteiger partial charge on any atom is -0.297 e. The van der Waals surface area contributed by atoms with Gasteiger partial charge in [0.05, 0.1) is 18.3 Å². The highest BCUT2D eigenvalue weighted by Crippen LogP contribution is 2.63. The highest BCUT2D eigenvalue weighted by molar-refractivity contribution is 5.81. The predicted molar refractivity (Wildman–Crippen MR) is 116 cm³/mol. The Labute approximate surface area is 181 Å². The summed E-state index contributed by atoms with van der Waals surface area (Å²) in [6, 6.07) is 2.11. The fraction of sp³-hybridized carbons (Fsp3) is 0.808.